The van der Waals surface area contributed by atoms with Gasteiger partial charge in [-0.05, 0) is 139 Å². The minimum absolute atomic E-state index is 0. The Balaban J connectivity index is 0.000000158. The quantitative estimate of drug-likeness (QED) is 0.0447. The second kappa shape index (κ2) is 18.3. The van der Waals surface area contributed by atoms with Gasteiger partial charge in [0.15, 0.2) is 11.5 Å². The molecule has 0 radical (unpaired) electrons. The van der Waals surface area contributed by atoms with E-state index in [9.17, 15) is 17.6 Å². The number of unbranched alkanes of at least 4 members (excludes halogenated alkanes) is 4. The number of hydrogen-bond acceptors (Lipinski definition) is 10. The second-order valence-corrected chi connectivity index (χ2v) is 16.7. The Kier molecular flexibility index (Phi) is 11.8. The molecule has 6 aromatic heterocycles. The standard InChI is InChI=1S/2C24H21F2N7O.CH4/c25-13-4-6-19-15(10-13)17-12-18-16-11-14(26)5-7-20(16)29-22(18)23(21(17)28-19)34-9-3-1-2-8-33-24(27)30-31-32-33;25-13-4-6-19-15(10-13)17-12-18-16-11-14(26)5-7-20(16)29-22(18)23(21(17)28-19)34-9-3-1-2-8-33-31-24(27)30-32-33;/h4-7,10-12,28-29H,1-3,8-9H2,(H2,27,30,32);4-7,10-12,28-29H,1-3,8-9H2,(H2,27,31);1H4. The van der Waals surface area contributed by atoms with Gasteiger partial charge in [0.05, 0.1) is 41.8 Å². The highest BCUT2D eigenvalue weighted by molar-refractivity contribution is 6.22. The number of nitrogen functional groups attached to an aromatic ring is 2. The third kappa shape index (κ3) is 8.48. The molecular formula is C49H46F4N14O2. The molecule has 0 aliphatic heterocycles. The lowest BCUT2D eigenvalue weighted by Crippen LogP contribution is -2.06. The summed E-state index contributed by atoms with van der Waals surface area (Å²) in [4.78, 5) is 15.0. The SMILES string of the molecule is C.Nc1nnn(CCCCCOc2c3[nH]c4ccc(F)cc4c3cc3c2[nH]c2ccc(F)cc23)n1.Nc1nnnn1CCCCCOc1c2[nH]c3ccc(F)cc3c2cc2c1[nH]c1ccc(F)cc12. The topological polar surface area (TPSA) is 221 Å². The second-order valence-electron chi connectivity index (χ2n) is 16.7. The van der Waals surface area contributed by atoms with Crippen LogP contribution in [0.25, 0.3) is 87.2 Å². The number of benzene rings is 6. The zero-order valence-electron chi connectivity index (χ0n) is 36.2. The molecule has 0 amide bonds. The third-order valence-electron chi connectivity index (χ3n) is 12.2. The first-order valence-corrected chi connectivity index (χ1v) is 22.2. The maximum Gasteiger partial charge on any atom is 0.260 e. The van der Waals surface area contributed by atoms with E-state index in [1.807, 2.05) is 12.1 Å². The van der Waals surface area contributed by atoms with E-state index in [1.165, 1.54) is 53.3 Å². The fraction of sp³-hybridized carbons (Fsp3) is 0.224. The Morgan fingerprint density at radius 1 is 0.464 bits per heavy atom. The van der Waals surface area contributed by atoms with Gasteiger partial charge < -0.3 is 40.9 Å². The summed E-state index contributed by atoms with van der Waals surface area (Å²) >= 11 is 0. The Labute approximate surface area is 388 Å². The summed E-state index contributed by atoms with van der Waals surface area (Å²) in [6.45, 7) is 2.23. The lowest BCUT2D eigenvalue weighted by Gasteiger charge is -2.09. The first-order valence-electron chi connectivity index (χ1n) is 22.2. The normalized spacial score (nSPS) is 11.8. The van der Waals surface area contributed by atoms with Crippen LogP contribution < -0.4 is 20.9 Å². The maximum atomic E-state index is 14.0. The van der Waals surface area contributed by atoms with Gasteiger partial charge in [0.1, 0.15) is 23.3 Å². The van der Waals surface area contributed by atoms with Crippen molar-refractivity contribution in [2.45, 2.75) is 59.0 Å². The first kappa shape index (κ1) is 44.4. The highest BCUT2D eigenvalue weighted by Crippen LogP contribution is 2.43. The molecule has 12 rings (SSSR count). The predicted molar refractivity (Wildman–Crippen MR) is 260 cm³/mol. The van der Waals surface area contributed by atoms with Crippen molar-refractivity contribution < 1.29 is 27.0 Å². The third-order valence-corrected chi connectivity index (χ3v) is 12.2. The van der Waals surface area contributed by atoms with Crippen molar-refractivity contribution in [2.24, 2.45) is 0 Å². The molecular weight excluding hydrogens is 893 g/mol. The summed E-state index contributed by atoms with van der Waals surface area (Å²) in [6, 6.07) is 22.5. The van der Waals surface area contributed by atoms with Gasteiger partial charge in [0, 0.05) is 71.7 Å². The van der Waals surface area contributed by atoms with Crippen LogP contribution in [0.1, 0.15) is 46.0 Å². The van der Waals surface area contributed by atoms with Crippen LogP contribution in [0.15, 0.2) is 84.9 Å². The van der Waals surface area contributed by atoms with Crippen molar-refractivity contribution in [3.8, 4) is 11.5 Å². The molecule has 0 saturated carbocycles. The number of aromatic nitrogens is 12. The number of rotatable bonds is 14. The smallest absolute Gasteiger partial charge is 0.260 e. The summed E-state index contributed by atoms with van der Waals surface area (Å²) in [5.74, 6) is 0.493. The van der Waals surface area contributed by atoms with Gasteiger partial charge in [-0.1, -0.05) is 17.6 Å². The van der Waals surface area contributed by atoms with Crippen LogP contribution in [-0.4, -0.2) is 73.6 Å². The van der Waals surface area contributed by atoms with E-state index in [2.05, 4.69) is 50.9 Å². The first-order chi connectivity index (χ1) is 33.1. The molecule has 0 saturated heterocycles. The Hall–Kier alpha value is -8.42. The number of nitrogens with zero attached hydrogens (tertiary/aromatic N) is 8. The zero-order chi connectivity index (χ0) is 46.5. The number of anilines is 2. The zero-order valence-corrected chi connectivity index (χ0v) is 36.2. The van der Waals surface area contributed by atoms with E-state index in [-0.39, 0.29) is 36.6 Å². The van der Waals surface area contributed by atoms with Crippen LogP contribution in [0, 0.1) is 23.3 Å². The molecule has 0 aliphatic rings. The molecule has 12 aromatic rings. The van der Waals surface area contributed by atoms with Crippen molar-refractivity contribution in [1.29, 1.82) is 0 Å². The molecule has 0 aliphatic carbocycles. The summed E-state index contributed by atoms with van der Waals surface area (Å²) in [6.07, 6.45) is 5.13. The number of tetrazole rings is 2. The van der Waals surface area contributed by atoms with E-state index in [4.69, 9.17) is 20.9 Å². The fourth-order valence-electron chi connectivity index (χ4n) is 9.03. The van der Waals surface area contributed by atoms with Crippen molar-refractivity contribution in [1.82, 2.24) is 60.4 Å². The largest absolute Gasteiger partial charge is 0.489 e. The number of nitrogens with two attached hydrogens (primary N) is 2. The molecule has 69 heavy (non-hydrogen) atoms. The Morgan fingerprint density at radius 3 is 1.23 bits per heavy atom. The molecule has 0 bridgehead atoms. The highest BCUT2D eigenvalue weighted by atomic mass is 19.1. The fourth-order valence-corrected chi connectivity index (χ4v) is 9.03. The summed E-state index contributed by atoms with van der Waals surface area (Å²) in [5, 5.41) is 28.9. The molecule has 0 atom stereocenters. The minimum Gasteiger partial charge on any atom is -0.489 e. The maximum absolute atomic E-state index is 14.0. The minimum atomic E-state index is -0.316. The van der Waals surface area contributed by atoms with Crippen LogP contribution in [-0.2, 0) is 13.1 Å². The molecule has 0 unspecified atom stereocenters. The number of halogens is 4. The predicted octanol–water partition coefficient (Wildman–Crippen LogP) is 10.7. The number of nitrogens with one attached hydrogen (secondary N) is 4. The van der Waals surface area contributed by atoms with Crippen LogP contribution in [0.2, 0.25) is 0 Å². The van der Waals surface area contributed by atoms with Gasteiger partial charge in [-0.25, -0.2) is 22.2 Å². The van der Waals surface area contributed by atoms with Crippen LogP contribution in [0.5, 0.6) is 11.5 Å². The number of ether oxygens (including phenoxy) is 2. The molecule has 20 heteroatoms. The van der Waals surface area contributed by atoms with E-state index >= 15 is 0 Å². The van der Waals surface area contributed by atoms with Gasteiger partial charge in [0.25, 0.3) is 5.95 Å². The molecule has 8 N–H and O–H groups in total. The van der Waals surface area contributed by atoms with Crippen molar-refractivity contribution >= 4 is 99.1 Å². The average molecular weight is 939 g/mol. The number of aryl methyl sites for hydroxylation is 2. The van der Waals surface area contributed by atoms with Crippen molar-refractivity contribution in [2.75, 3.05) is 24.7 Å². The van der Waals surface area contributed by atoms with E-state index in [0.717, 1.165) is 126 Å². The lowest BCUT2D eigenvalue weighted by atomic mass is 10.1. The number of hydrogen-bond donors (Lipinski definition) is 6. The summed E-state index contributed by atoms with van der Waals surface area (Å²) in [7, 11) is 0. The van der Waals surface area contributed by atoms with Crippen molar-refractivity contribution in [3.63, 3.8) is 0 Å². The van der Waals surface area contributed by atoms with Gasteiger partial charge in [0.2, 0.25) is 5.95 Å². The summed E-state index contributed by atoms with van der Waals surface area (Å²) in [5.41, 5.74) is 17.5. The Morgan fingerprint density at radius 2 is 0.870 bits per heavy atom. The molecule has 352 valence electrons. The van der Waals surface area contributed by atoms with Gasteiger partial charge in [-0.3, -0.25) is 0 Å². The van der Waals surface area contributed by atoms with Gasteiger partial charge in [-0.15, -0.1) is 5.10 Å². The molecule has 16 nitrogen and oxygen atoms in total. The molecule has 0 fully saturated rings. The van der Waals surface area contributed by atoms with Crippen LogP contribution in [0.3, 0.4) is 0 Å². The number of fused-ring (bicyclic) bond motifs is 12. The lowest BCUT2D eigenvalue weighted by molar-refractivity contribution is 0.308. The van der Waals surface area contributed by atoms with Gasteiger partial charge in [-0.2, -0.15) is 4.80 Å². The molecule has 0 spiro atoms. The van der Waals surface area contributed by atoms with Crippen LogP contribution >= 0.6 is 0 Å². The number of H-pyrrole nitrogens is 4. The monoisotopic (exact) mass is 938 g/mol. The average Bonchev–Trinajstić information content (AvgIpc) is 4.20. The number of aromatic amines is 4. The van der Waals surface area contributed by atoms with E-state index < -0.39 is 0 Å². The van der Waals surface area contributed by atoms with Gasteiger partial charge >= 0.3 is 0 Å². The highest BCUT2D eigenvalue weighted by Gasteiger charge is 2.20. The molecule has 6 heterocycles. The van der Waals surface area contributed by atoms with E-state index in [0.29, 0.717) is 43.8 Å². The Bertz CT molecular complexity index is 3640. The van der Waals surface area contributed by atoms with Crippen molar-refractivity contribution in [3.05, 3.63) is 108 Å². The molecule has 6 aromatic carbocycles. The summed E-state index contributed by atoms with van der Waals surface area (Å²) < 4.78 is 70.3. The van der Waals surface area contributed by atoms with Crippen LogP contribution in [0.4, 0.5) is 29.5 Å². The van der Waals surface area contributed by atoms with E-state index in [1.54, 1.807) is 28.9 Å².